The molecule has 3 N–H and O–H groups in total. The second-order valence-electron chi connectivity index (χ2n) is 4.32. The normalized spacial score (nSPS) is 18.8. The van der Waals surface area contributed by atoms with Gasteiger partial charge in [0.1, 0.15) is 11.9 Å². The van der Waals surface area contributed by atoms with Crippen LogP contribution in [0.4, 0.5) is 4.79 Å². The van der Waals surface area contributed by atoms with Crippen LogP contribution in [0.1, 0.15) is 17.3 Å². The molecule has 2 aromatic rings. The summed E-state index contributed by atoms with van der Waals surface area (Å²) in [5, 5.41) is 3.73. The van der Waals surface area contributed by atoms with Gasteiger partial charge in [0.15, 0.2) is 0 Å². The molecule has 1 unspecified atom stereocenters. The van der Waals surface area contributed by atoms with Crippen LogP contribution in [0.5, 0.6) is 0 Å². The molecule has 2 heterocycles. The van der Waals surface area contributed by atoms with Crippen LogP contribution in [0.3, 0.4) is 0 Å². The molecular formula is C13H12N4O. The molecule has 18 heavy (non-hydrogen) atoms. The van der Waals surface area contributed by atoms with Crippen LogP contribution < -0.4 is 11.1 Å². The molecule has 1 aliphatic rings. The fourth-order valence-electron chi connectivity index (χ4n) is 2.09. The minimum absolute atomic E-state index is 0.305. The summed E-state index contributed by atoms with van der Waals surface area (Å²) in [6.07, 6.45) is 0. The largest absolute Gasteiger partial charge is 0.385 e. The minimum Gasteiger partial charge on any atom is -0.385 e. The van der Waals surface area contributed by atoms with Gasteiger partial charge in [-0.05, 0) is 30.7 Å². The second kappa shape index (κ2) is 3.80. The summed E-state index contributed by atoms with van der Waals surface area (Å²) >= 11 is 0. The molecule has 1 aromatic heterocycles. The SMILES string of the molecule is Cc1ccc2cc(C3NC(=O)N=C3N)ccc2n1. The van der Waals surface area contributed by atoms with Gasteiger partial charge in [-0.15, -0.1) is 0 Å². The maximum atomic E-state index is 11.2. The van der Waals surface area contributed by atoms with Gasteiger partial charge in [0, 0.05) is 11.1 Å². The first-order valence-electron chi connectivity index (χ1n) is 5.65. The first-order valence-corrected chi connectivity index (χ1v) is 5.65. The zero-order valence-corrected chi connectivity index (χ0v) is 9.84. The summed E-state index contributed by atoms with van der Waals surface area (Å²) in [6.45, 7) is 1.95. The lowest BCUT2D eigenvalue weighted by molar-refractivity contribution is 0.250. The molecule has 1 aromatic carbocycles. The zero-order valence-electron chi connectivity index (χ0n) is 9.84. The van der Waals surface area contributed by atoms with E-state index < -0.39 is 0 Å². The van der Waals surface area contributed by atoms with Crippen molar-refractivity contribution in [2.45, 2.75) is 13.0 Å². The number of aryl methyl sites for hydroxylation is 1. The van der Waals surface area contributed by atoms with Crippen LogP contribution in [0.2, 0.25) is 0 Å². The molecule has 0 radical (unpaired) electrons. The zero-order chi connectivity index (χ0) is 12.7. The molecular weight excluding hydrogens is 228 g/mol. The molecule has 90 valence electrons. The lowest BCUT2D eigenvalue weighted by Gasteiger charge is -2.11. The van der Waals surface area contributed by atoms with Gasteiger partial charge in [0.2, 0.25) is 0 Å². The van der Waals surface area contributed by atoms with Gasteiger partial charge in [-0.3, -0.25) is 4.98 Å². The minimum atomic E-state index is -0.389. The van der Waals surface area contributed by atoms with E-state index in [0.717, 1.165) is 22.2 Å². The Hall–Kier alpha value is -2.43. The van der Waals surface area contributed by atoms with E-state index in [1.165, 1.54) is 0 Å². The number of fused-ring (bicyclic) bond motifs is 1. The molecule has 0 bridgehead atoms. The standard InChI is InChI=1S/C13H12N4O/c1-7-2-3-8-6-9(4-5-10(8)15-7)11-12(14)17-13(18)16-11/h2-6,11H,1H3,(H3,14,16,17,18). The van der Waals surface area contributed by atoms with E-state index in [1.54, 1.807) is 0 Å². The van der Waals surface area contributed by atoms with Crippen LogP contribution in [0, 0.1) is 6.92 Å². The van der Waals surface area contributed by atoms with E-state index >= 15 is 0 Å². The average Bonchev–Trinajstić information content (AvgIpc) is 2.68. The highest BCUT2D eigenvalue weighted by Crippen LogP contribution is 2.22. The molecule has 0 saturated carbocycles. The number of amides is 2. The highest BCUT2D eigenvalue weighted by Gasteiger charge is 2.25. The molecule has 5 heteroatoms. The lowest BCUT2D eigenvalue weighted by Crippen LogP contribution is -2.27. The molecule has 3 rings (SSSR count). The summed E-state index contributed by atoms with van der Waals surface area (Å²) in [7, 11) is 0. The van der Waals surface area contributed by atoms with Gasteiger partial charge in [-0.25, -0.2) is 4.79 Å². The van der Waals surface area contributed by atoms with Crippen molar-refractivity contribution in [3.63, 3.8) is 0 Å². The fourth-order valence-corrected chi connectivity index (χ4v) is 2.09. The first-order chi connectivity index (χ1) is 8.63. The molecule has 2 amide bonds. The number of rotatable bonds is 1. The Bertz CT molecular complexity index is 678. The van der Waals surface area contributed by atoms with E-state index in [2.05, 4.69) is 15.3 Å². The third kappa shape index (κ3) is 1.69. The van der Waals surface area contributed by atoms with Gasteiger partial charge < -0.3 is 11.1 Å². The predicted octanol–water partition coefficient (Wildman–Crippen LogP) is 1.66. The van der Waals surface area contributed by atoms with Crippen LogP contribution in [-0.2, 0) is 0 Å². The van der Waals surface area contributed by atoms with Crippen molar-refractivity contribution in [2.24, 2.45) is 10.7 Å². The number of benzene rings is 1. The summed E-state index contributed by atoms with van der Waals surface area (Å²) < 4.78 is 0. The molecule has 0 spiro atoms. The fraction of sp³-hybridized carbons (Fsp3) is 0.154. The van der Waals surface area contributed by atoms with Crippen molar-refractivity contribution in [2.75, 3.05) is 0 Å². The van der Waals surface area contributed by atoms with Crippen molar-refractivity contribution in [1.82, 2.24) is 10.3 Å². The van der Waals surface area contributed by atoms with Crippen molar-refractivity contribution < 1.29 is 4.79 Å². The second-order valence-corrected chi connectivity index (χ2v) is 4.32. The van der Waals surface area contributed by atoms with Gasteiger partial charge >= 0.3 is 6.03 Å². The number of urea groups is 1. The molecule has 1 atom stereocenters. The van der Waals surface area contributed by atoms with Crippen molar-refractivity contribution in [3.8, 4) is 0 Å². The predicted molar refractivity (Wildman–Crippen MR) is 69.4 cm³/mol. The third-order valence-electron chi connectivity index (χ3n) is 2.98. The Kier molecular flexibility index (Phi) is 2.26. The van der Waals surface area contributed by atoms with Gasteiger partial charge in [0.25, 0.3) is 0 Å². The van der Waals surface area contributed by atoms with Gasteiger partial charge in [0.05, 0.1) is 5.52 Å². The number of carbonyl (C=O) groups excluding carboxylic acids is 1. The van der Waals surface area contributed by atoms with Crippen LogP contribution >= 0.6 is 0 Å². The van der Waals surface area contributed by atoms with Gasteiger partial charge in [-0.2, -0.15) is 4.99 Å². The topological polar surface area (TPSA) is 80.4 Å². The molecule has 1 aliphatic heterocycles. The van der Waals surface area contributed by atoms with E-state index in [1.807, 2.05) is 37.3 Å². The number of aliphatic imine (C=N–C) groups is 1. The third-order valence-corrected chi connectivity index (χ3v) is 2.98. The maximum Gasteiger partial charge on any atom is 0.343 e. The molecule has 0 saturated heterocycles. The maximum absolute atomic E-state index is 11.2. The number of nitrogens with zero attached hydrogens (tertiary/aromatic N) is 2. The Labute approximate surface area is 104 Å². The quantitative estimate of drug-likeness (QED) is 0.795. The number of amidine groups is 1. The number of nitrogens with one attached hydrogen (secondary N) is 1. The van der Waals surface area contributed by atoms with E-state index in [-0.39, 0.29) is 12.1 Å². The number of aromatic nitrogens is 1. The number of hydrogen-bond acceptors (Lipinski definition) is 3. The number of pyridine rings is 1. The van der Waals surface area contributed by atoms with Crippen LogP contribution in [0.25, 0.3) is 10.9 Å². The smallest absolute Gasteiger partial charge is 0.343 e. The average molecular weight is 240 g/mol. The summed E-state index contributed by atoms with van der Waals surface area (Å²) in [6, 6.07) is 9.05. The molecule has 5 nitrogen and oxygen atoms in total. The van der Waals surface area contributed by atoms with E-state index in [0.29, 0.717) is 5.84 Å². The van der Waals surface area contributed by atoms with Gasteiger partial charge in [-0.1, -0.05) is 12.1 Å². The van der Waals surface area contributed by atoms with Crippen LogP contribution in [0.15, 0.2) is 35.3 Å². The van der Waals surface area contributed by atoms with Crippen LogP contribution in [-0.4, -0.2) is 16.9 Å². The molecule has 0 fully saturated rings. The monoisotopic (exact) mass is 240 g/mol. The Morgan fingerprint density at radius 2 is 2.11 bits per heavy atom. The summed E-state index contributed by atoms with van der Waals surface area (Å²) in [4.78, 5) is 19.3. The Morgan fingerprint density at radius 3 is 2.83 bits per heavy atom. The first kappa shape index (κ1) is 10.7. The highest BCUT2D eigenvalue weighted by molar-refractivity contribution is 6.03. The van der Waals surface area contributed by atoms with Crippen molar-refractivity contribution in [1.29, 1.82) is 0 Å². The number of carbonyl (C=O) groups is 1. The molecule has 0 aliphatic carbocycles. The number of nitrogens with two attached hydrogens (primary N) is 1. The highest BCUT2D eigenvalue weighted by atomic mass is 16.2. The van der Waals surface area contributed by atoms with E-state index in [4.69, 9.17) is 5.73 Å². The summed E-state index contributed by atoms with van der Waals surface area (Å²) in [5.41, 5.74) is 8.54. The van der Waals surface area contributed by atoms with Crippen molar-refractivity contribution in [3.05, 3.63) is 41.6 Å². The Balaban J connectivity index is 2.07. The summed E-state index contributed by atoms with van der Waals surface area (Å²) in [5.74, 6) is 0.305. The van der Waals surface area contributed by atoms with Crippen molar-refractivity contribution >= 4 is 22.8 Å². The number of hydrogen-bond donors (Lipinski definition) is 2. The lowest BCUT2D eigenvalue weighted by atomic mass is 10.0. The van der Waals surface area contributed by atoms with E-state index in [9.17, 15) is 4.79 Å². The Morgan fingerprint density at radius 1 is 1.28 bits per heavy atom.